The number of hydrogen-bond donors (Lipinski definition) is 0. The first-order valence-corrected chi connectivity index (χ1v) is 7.53. The van der Waals surface area contributed by atoms with E-state index in [0.717, 1.165) is 25.4 Å². The lowest BCUT2D eigenvalue weighted by atomic mass is 9.87. The Bertz CT molecular complexity index is 417. The van der Waals surface area contributed by atoms with Crippen molar-refractivity contribution in [3.8, 4) is 0 Å². The van der Waals surface area contributed by atoms with E-state index in [0.29, 0.717) is 17.4 Å². The molecule has 1 aromatic carbocycles. The molecule has 1 aliphatic carbocycles. The van der Waals surface area contributed by atoms with Gasteiger partial charge in [-0.25, -0.2) is 0 Å². The minimum atomic E-state index is 0.296. The average Bonchev–Trinajstić information content (AvgIpc) is 2.71. The van der Waals surface area contributed by atoms with Crippen molar-refractivity contribution in [1.82, 2.24) is 0 Å². The van der Waals surface area contributed by atoms with Crippen LogP contribution < -0.4 is 0 Å². The number of ether oxygens (including phenoxy) is 1. The van der Waals surface area contributed by atoms with Crippen molar-refractivity contribution in [2.75, 3.05) is 6.61 Å². The Balaban J connectivity index is 1.75. The van der Waals surface area contributed by atoms with E-state index >= 15 is 0 Å². The molecule has 0 radical (unpaired) electrons. The summed E-state index contributed by atoms with van der Waals surface area (Å²) < 4.78 is 6.01. The summed E-state index contributed by atoms with van der Waals surface area (Å²) in [6, 6.07) is 8.74. The first kappa shape index (κ1) is 12.5. The van der Waals surface area contributed by atoms with Crippen molar-refractivity contribution in [3.05, 3.63) is 35.4 Å². The van der Waals surface area contributed by atoms with E-state index < -0.39 is 0 Å². The highest BCUT2D eigenvalue weighted by Gasteiger charge is 2.34. The lowest BCUT2D eigenvalue weighted by molar-refractivity contribution is 0.0220. The Kier molecular flexibility index (Phi) is 3.63. The zero-order chi connectivity index (χ0) is 12.5. The number of rotatable bonds is 2. The molecule has 1 fully saturated rings. The highest BCUT2D eigenvalue weighted by atomic mass is 35.5. The van der Waals surface area contributed by atoms with Gasteiger partial charge in [0.1, 0.15) is 0 Å². The van der Waals surface area contributed by atoms with Crippen LogP contribution in [0.3, 0.4) is 0 Å². The number of halogens is 1. The average molecular weight is 265 g/mol. The fourth-order valence-electron chi connectivity index (χ4n) is 3.47. The zero-order valence-electron chi connectivity index (χ0n) is 10.9. The lowest BCUT2D eigenvalue weighted by Crippen LogP contribution is -2.21. The molecule has 3 rings (SSSR count). The zero-order valence-corrected chi connectivity index (χ0v) is 11.7. The number of benzene rings is 1. The van der Waals surface area contributed by atoms with Gasteiger partial charge in [0, 0.05) is 5.38 Å². The van der Waals surface area contributed by atoms with E-state index in [-0.39, 0.29) is 0 Å². The van der Waals surface area contributed by atoms with Gasteiger partial charge in [-0.2, -0.15) is 0 Å². The summed E-state index contributed by atoms with van der Waals surface area (Å²) in [7, 11) is 0. The lowest BCUT2D eigenvalue weighted by Gasteiger charge is -2.29. The van der Waals surface area contributed by atoms with Crippen molar-refractivity contribution < 1.29 is 4.74 Å². The maximum atomic E-state index is 6.33. The summed E-state index contributed by atoms with van der Waals surface area (Å²) in [6.07, 6.45) is 4.93. The first-order valence-electron chi connectivity index (χ1n) is 7.09. The van der Waals surface area contributed by atoms with Crippen LogP contribution in [-0.4, -0.2) is 12.0 Å². The molecule has 4 unspecified atom stereocenters. The molecule has 0 amide bonds. The molecule has 1 nitrogen and oxygen atoms in total. The minimum absolute atomic E-state index is 0.296. The quantitative estimate of drug-likeness (QED) is 0.722. The minimum Gasteiger partial charge on any atom is -0.373 e. The van der Waals surface area contributed by atoms with E-state index in [1.54, 1.807) is 0 Å². The molecule has 1 heterocycles. The van der Waals surface area contributed by atoms with Crippen molar-refractivity contribution in [2.45, 2.75) is 44.1 Å². The molecule has 0 aromatic heterocycles. The molecular weight excluding hydrogens is 244 g/mol. The second-order valence-corrected chi connectivity index (χ2v) is 6.32. The Morgan fingerprint density at radius 1 is 1.28 bits per heavy atom. The molecule has 0 spiro atoms. The predicted octanol–water partition coefficient (Wildman–Crippen LogP) is 4.34. The van der Waals surface area contributed by atoms with E-state index in [2.05, 4.69) is 31.2 Å². The summed E-state index contributed by atoms with van der Waals surface area (Å²) in [5.41, 5.74) is 2.88. The fraction of sp³-hybridized carbons (Fsp3) is 0.625. The Morgan fingerprint density at radius 2 is 2.11 bits per heavy atom. The van der Waals surface area contributed by atoms with Gasteiger partial charge in [-0.05, 0) is 48.6 Å². The van der Waals surface area contributed by atoms with Gasteiger partial charge in [-0.3, -0.25) is 0 Å². The second kappa shape index (κ2) is 5.22. The molecule has 0 saturated heterocycles. The first-order chi connectivity index (χ1) is 8.75. The third-order valence-corrected chi connectivity index (χ3v) is 5.35. The molecule has 0 bridgehead atoms. The number of alkyl halides is 1. The molecule has 1 saturated carbocycles. The van der Waals surface area contributed by atoms with Crippen LogP contribution in [0, 0.1) is 11.8 Å². The van der Waals surface area contributed by atoms with Gasteiger partial charge >= 0.3 is 0 Å². The standard InChI is InChI=1S/C16H21ClO/c1-11-13(6-7-15(11)17)10-16-14-5-3-2-4-12(14)8-9-18-16/h2-5,11,13,15-16H,6-10H2,1H3. The maximum absolute atomic E-state index is 6.33. The van der Waals surface area contributed by atoms with Crippen molar-refractivity contribution >= 4 is 11.6 Å². The molecular formula is C16H21ClO. The van der Waals surface area contributed by atoms with Crippen LogP contribution >= 0.6 is 11.6 Å². The molecule has 1 aromatic rings. The van der Waals surface area contributed by atoms with Crippen molar-refractivity contribution in [3.63, 3.8) is 0 Å². The van der Waals surface area contributed by atoms with E-state index in [9.17, 15) is 0 Å². The van der Waals surface area contributed by atoms with Gasteiger partial charge in [0.05, 0.1) is 12.7 Å². The van der Waals surface area contributed by atoms with Gasteiger partial charge in [0.25, 0.3) is 0 Å². The van der Waals surface area contributed by atoms with Crippen LogP contribution in [0.5, 0.6) is 0 Å². The van der Waals surface area contributed by atoms with Crippen LogP contribution in [0.2, 0.25) is 0 Å². The fourth-order valence-corrected chi connectivity index (χ4v) is 3.81. The smallest absolute Gasteiger partial charge is 0.0830 e. The summed E-state index contributed by atoms with van der Waals surface area (Å²) in [4.78, 5) is 0. The molecule has 2 aliphatic rings. The predicted molar refractivity (Wildman–Crippen MR) is 75.0 cm³/mol. The molecule has 0 N–H and O–H groups in total. The highest BCUT2D eigenvalue weighted by Crippen LogP contribution is 2.42. The topological polar surface area (TPSA) is 9.23 Å². The molecule has 98 valence electrons. The third kappa shape index (κ3) is 2.31. The van der Waals surface area contributed by atoms with E-state index in [1.807, 2.05) is 0 Å². The summed E-state index contributed by atoms with van der Waals surface area (Å²) in [5.74, 6) is 1.35. The van der Waals surface area contributed by atoms with Crippen LogP contribution in [0.1, 0.15) is 43.4 Å². The van der Waals surface area contributed by atoms with Gasteiger partial charge < -0.3 is 4.74 Å². The van der Waals surface area contributed by atoms with Crippen LogP contribution in [0.25, 0.3) is 0 Å². The third-order valence-electron chi connectivity index (χ3n) is 4.74. The van der Waals surface area contributed by atoms with Crippen LogP contribution in [0.15, 0.2) is 24.3 Å². The molecule has 2 heteroatoms. The van der Waals surface area contributed by atoms with Gasteiger partial charge in [-0.15, -0.1) is 11.6 Å². The Hall–Kier alpha value is -0.530. The largest absolute Gasteiger partial charge is 0.373 e. The summed E-state index contributed by atoms with van der Waals surface area (Å²) in [6.45, 7) is 3.16. The number of fused-ring (bicyclic) bond motifs is 1. The highest BCUT2D eigenvalue weighted by molar-refractivity contribution is 6.20. The SMILES string of the molecule is CC1C(Cl)CCC1CC1OCCc2ccccc21. The monoisotopic (exact) mass is 264 g/mol. The van der Waals surface area contributed by atoms with Crippen LogP contribution in [-0.2, 0) is 11.2 Å². The molecule has 18 heavy (non-hydrogen) atoms. The normalized spacial score (nSPS) is 35.4. The van der Waals surface area contributed by atoms with Crippen molar-refractivity contribution in [1.29, 1.82) is 0 Å². The van der Waals surface area contributed by atoms with Gasteiger partial charge in [0.15, 0.2) is 0 Å². The van der Waals surface area contributed by atoms with Crippen LogP contribution in [0.4, 0.5) is 0 Å². The van der Waals surface area contributed by atoms with E-state index in [4.69, 9.17) is 16.3 Å². The Morgan fingerprint density at radius 3 is 2.89 bits per heavy atom. The summed E-state index contributed by atoms with van der Waals surface area (Å²) >= 11 is 6.33. The van der Waals surface area contributed by atoms with Gasteiger partial charge in [0.2, 0.25) is 0 Å². The Labute approximate surface area is 114 Å². The molecule has 4 atom stereocenters. The van der Waals surface area contributed by atoms with Gasteiger partial charge in [-0.1, -0.05) is 31.2 Å². The molecule has 1 aliphatic heterocycles. The number of hydrogen-bond acceptors (Lipinski definition) is 1. The second-order valence-electron chi connectivity index (χ2n) is 5.76. The maximum Gasteiger partial charge on any atom is 0.0830 e. The van der Waals surface area contributed by atoms with E-state index in [1.165, 1.54) is 24.0 Å². The summed E-state index contributed by atoms with van der Waals surface area (Å²) in [5, 5.41) is 0.369. The van der Waals surface area contributed by atoms with Crippen molar-refractivity contribution in [2.24, 2.45) is 11.8 Å².